The van der Waals surface area contributed by atoms with Gasteiger partial charge in [0.05, 0.1) is 31.1 Å². The summed E-state index contributed by atoms with van der Waals surface area (Å²) in [5.41, 5.74) is -1.15. The average molecular weight is 334 g/mol. The highest BCUT2D eigenvalue weighted by atomic mass is 19.1. The lowest BCUT2D eigenvalue weighted by atomic mass is 9.63. The van der Waals surface area contributed by atoms with Gasteiger partial charge in [-0.1, -0.05) is 0 Å². The van der Waals surface area contributed by atoms with Gasteiger partial charge in [0.1, 0.15) is 5.82 Å². The molecule has 3 unspecified atom stereocenters. The van der Waals surface area contributed by atoms with Crippen molar-refractivity contribution in [2.75, 3.05) is 26.9 Å². The lowest BCUT2D eigenvalue weighted by Gasteiger charge is -2.46. The summed E-state index contributed by atoms with van der Waals surface area (Å²) in [4.78, 5) is 16.6. The normalized spacial score (nSPS) is 30.7. The van der Waals surface area contributed by atoms with Gasteiger partial charge in [-0.2, -0.15) is 5.26 Å². The minimum atomic E-state index is -1.09. The number of aromatic nitrogens is 1. The molecule has 0 saturated carbocycles. The van der Waals surface area contributed by atoms with Gasteiger partial charge in [-0.25, -0.2) is 4.39 Å². The van der Waals surface area contributed by atoms with E-state index in [4.69, 9.17) is 14.2 Å². The molecule has 0 bridgehead atoms. The number of esters is 1. The lowest BCUT2D eigenvalue weighted by molar-refractivity contribution is -0.153. The number of hydrogen-bond donors (Lipinski definition) is 0. The number of pyridine rings is 1. The van der Waals surface area contributed by atoms with E-state index in [0.717, 1.165) is 0 Å². The van der Waals surface area contributed by atoms with Gasteiger partial charge in [0.15, 0.2) is 5.92 Å². The number of ether oxygens (including phenoxy) is 3. The first-order valence-electron chi connectivity index (χ1n) is 7.86. The van der Waals surface area contributed by atoms with Gasteiger partial charge in [0, 0.05) is 31.2 Å². The fraction of sp³-hybridized carbons (Fsp3) is 0.588. The zero-order valence-corrected chi connectivity index (χ0v) is 13.5. The van der Waals surface area contributed by atoms with Crippen molar-refractivity contribution >= 4 is 5.97 Å². The summed E-state index contributed by atoms with van der Waals surface area (Å²) in [7, 11) is 1.24. The van der Waals surface area contributed by atoms with Gasteiger partial charge in [-0.05, 0) is 25.0 Å². The van der Waals surface area contributed by atoms with Crippen LogP contribution in [0.15, 0.2) is 18.3 Å². The quantitative estimate of drug-likeness (QED) is 0.783. The molecule has 2 aliphatic rings. The smallest absolute Gasteiger partial charge is 0.324 e. The molecule has 24 heavy (non-hydrogen) atoms. The Labute approximate surface area is 139 Å². The van der Waals surface area contributed by atoms with E-state index in [0.29, 0.717) is 44.8 Å². The first-order valence-corrected chi connectivity index (χ1v) is 7.86. The highest BCUT2D eigenvalue weighted by Gasteiger charge is 2.55. The molecule has 1 aromatic rings. The molecule has 3 heterocycles. The third-order valence-electron chi connectivity index (χ3n) is 5.01. The maximum Gasteiger partial charge on any atom is 0.324 e. The summed E-state index contributed by atoms with van der Waals surface area (Å²) in [6, 6.07) is 4.59. The van der Waals surface area contributed by atoms with Crippen molar-refractivity contribution in [3.8, 4) is 6.07 Å². The molecule has 3 atom stereocenters. The molecular formula is C17H19FN2O4. The summed E-state index contributed by atoms with van der Waals surface area (Å²) in [6.07, 6.45) is 2.77. The fourth-order valence-corrected chi connectivity index (χ4v) is 3.82. The third kappa shape index (κ3) is 2.76. The molecule has 2 saturated heterocycles. The van der Waals surface area contributed by atoms with Crippen LogP contribution >= 0.6 is 0 Å². The van der Waals surface area contributed by atoms with Crippen LogP contribution in [0.4, 0.5) is 4.39 Å². The minimum absolute atomic E-state index is 0.344. The van der Waals surface area contributed by atoms with Gasteiger partial charge in [0.25, 0.3) is 0 Å². The van der Waals surface area contributed by atoms with Crippen LogP contribution in [-0.2, 0) is 24.4 Å². The predicted molar refractivity (Wildman–Crippen MR) is 80.3 cm³/mol. The number of rotatable bonds is 3. The van der Waals surface area contributed by atoms with Crippen molar-refractivity contribution < 1.29 is 23.4 Å². The number of carbonyl (C=O) groups is 1. The van der Waals surface area contributed by atoms with Crippen LogP contribution in [0.1, 0.15) is 25.0 Å². The van der Waals surface area contributed by atoms with E-state index in [2.05, 4.69) is 11.1 Å². The molecule has 2 fully saturated rings. The summed E-state index contributed by atoms with van der Waals surface area (Å²) in [5, 5.41) is 9.66. The van der Waals surface area contributed by atoms with Gasteiger partial charge >= 0.3 is 5.97 Å². The zero-order valence-electron chi connectivity index (χ0n) is 13.5. The molecule has 1 aromatic heterocycles. The first kappa shape index (κ1) is 16.8. The van der Waals surface area contributed by atoms with Crippen molar-refractivity contribution in [1.82, 2.24) is 4.98 Å². The van der Waals surface area contributed by atoms with Crippen molar-refractivity contribution in [2.24, 2.45) is 5.92 Å². The van der Waals surface area contributed by atoms with Crippen LogP contribution in [0, 0.1) is 23.1 Å². The second kappa shape index (κ2) is 6.46. The molecule has 7 heteroatoms. The van der Waals surface area contributed by atoms with Crippen LogP contribution < -0.4 is 0 Å². The second-order valence-electron chi connectivity index (χ2n) is 6.36. The Morgan fingerprint density at radius 1 is 1.50 bits per heavy atom. The van der Waals surface area contributed by atoms with E-state index in [1.165, 1.54) is 25.4 Å². The zero-order chi connectivity index (χ0) is 17.2. The summed E-state index contributed by atoms with van der Waals surface area (Å²) < 4.78 is 30.1. The molecule has 6 nitrogen and oxygen atoms in total. The topological polar surface area (TPSA) is 81.4 Å². The molecule has 0 aromatic carbocycles. The van der Waals surface area contributed by atoms with Crippen molar-refractivity contribution in [3.63, 3.8) is 0 Å². The Morgan fingerprint density at radius 2 is 2.33 bits per heavy atom. The van der Waals surface area contributed by atoms with Gasteiger partial charge < -0.3 is 14.2 Å². The summed E-state index contributed by atoms with van der Waals surface area (Å²) in [6.45, 7) is 1.29. The van der Waals surface area contributed by atoms with Gasteiger partial charge in [-0.15, -0.1) is 0 Å². The highest BCUT2D eigenvalue weighted by molar-refractivity contribution is 5.77. The molecule has 3 rings (SSSR count). The second-order valence-corrected chi connectivity index (χ2v) is 6.36. The molecular weight excluding hydrogens is 315 g/mol. The van der Waals surface area contributed by atoms with Crippen LogP contribution in [0.5, 0.6) is 0 Å². The maximum absolute atomic E-state index is 13.8. The average Bonchev–Trinajstić information content (AvgIpc) is 3.02. The maximum atomic E-state index is 13.8. The Morgan fingerprint density at radius 3 is 2.96 bits per heavy atom. The predicted octanol–water partition coefficient (Wildman–Crippen LogP) is 1.74. The van der Waals surface area contributed by atoms with Gasteiger partial charge in [0.2, 0.25) is 0 Å². The molecule has 0 N–H and O–H groups in total. The SMILES string of the molecule is COC(=O)C(C#N)C1(c2cc(F)ccn2)CCOC2(CCOC2)C1. The fourth-order valence-electron chi connectivity index (χ4n) is 3.82. The molecule has 1 spiro atoms. The molecule has 2 aliphatic heterocycles. The Balaban J connectivity index is 2.10. The van der Waals surface area contributed by atoms with E-state index >= 15 is 0 Å². The van der Waals surface area contributed by atoms with Crippen molar-refractivity contribution in [3.05, 3.63) is 29.8 Å². The molecule has 0 amide bonds. The third-order valence-corrected chi connectivity index (χ3v) is 5.01. The highest BCUT2D eigenvalue weighted by Crippen LogP contribution is 2.49. The number of carbonyl (C=O) groups excluding carboxylic acids is 1. The van der Waals surface area contributed by atoms with E-state index in [-0.39, 0.29) is 0 Å². The number of hydrogen-bond acceptors (Lipinski definition) is 6. The monoisotopic (exact) mass is 334 g/mol. The Kier molecular flexibility index (Phi) is 4.52. The lowest BCUT2D eigenvalue weighted by Crippen LogP contribution is -2.53. The number of nitrogens with zero attached hydrogens (tertiary/aromatic N) is 2. The molecule has 128 valence electrons. The van der Waals surface area contributed by atoms with Crippen molar-refractivity contribution in [2.45, 2.75) is 30.3 Å². The van der Waals surface area contributed by atoms with Gasteiger partial charge in [-0.3, -0.25) is 9.78 Å². The van der Waals surface area contributed by atoms with E-state index in [1.54, 1.807) is 0 Å². The van der Waals surface area contributed by atoms with Crippen LogP contribution in [-0.4, -0.2) is 43.5 Å². The van der Waals surface area contributed by atoms with E-state index in [9.17, 15) is 14.4 Å². The Hall–Kier alpha value is -2.04. The number of methoxy groups -OCH3 is 1. The molecule has 0 aliphatic carbocycles. The van der Waals surface area contributed by atoms with E-state index < -0.39 is 28.7 Å². The first-order chi connectivity index (χ1) is 11.6. The van der Waals surface area contributed by atoms with Crippen molar-refractivity contribution in [1.29, 1.82) is 5.26 Å². The van der Waals surface area contributed by atoms with Crippen LogP contribution in [0.25, 0.3) is 0 Å². The largest absolute Gasteiger partial charge is 0.468 e. The standard InChI is InChI=1S/C17H19FN2O4/c1-22-15(21)13(9-19)17(14-8-12(18)2-5-20-14)4-7-24-16(10-17)3-6-23-11-16/h2,5,8,13H,3-4,6-7,10-11H2,1H3. The minimum Gasteiger partial charge on any atom is -0.468 e. The van der Waals surface area contributed by atoms with Crippen LogP contribution in [0.2, 0.25) is 0 Å². The van der Waals surface area contributed by atoms with E-state index in [1.807, 2.05) is 0 Å². The van der Waals surface area contributed by atoms with Crippen LogP contribution in [0.3, 0.4) is 0 Å². The number of halogens is 1. The molecule has 0 radical (unpaired) electrons. The summed E-state index contributed by atoms with van der Waals surface area (Å²) in [5.74, 6) is -2.18. The number of nitriles is 1. The summed E-state index contributed by atoms with van der Waals surface area (Å²) >= 11 is 0. The Bertz CT molecular complexity index is 669.